The molecule has 1 heterocycles. The molecule has 0 bridgehead atoms. The quantitative estimate of drug-likeness (QED) is 0.527. The fraction of sp³-hybridized carbons (Fsp3) is 0.375. The lowest BCUT2D eigenvalue weighted by Gasteiger charge is -2.14. The molecule has 6 heteroatoms. The molecule has 30 heavy (non-hydrogen) atoms. The van der Waals surface area contributed by atoms with E-state index in [-0.39, 0.29) is 11.4 Å². The number of hydrogen-bond acceptors (Lipinski definition) is 5. The zero-order valence-electron chi connectivity index (χ0n) is 18.2. The molecule has 0 aliphatic rings. The van der Waals surface area contributed by atoms with Crippen LogP contribution in [0.3, 0.4) is 0 Å². The lowest BCUT2D eigenvalue weighted by molar-refractivity contribution is 0.558. The standard InChI is InChI=1S/C24H29NO4S/c1-15(2)21-12-22-19(11-24(26)29-23(22)9-17(21)5)13-25-20-8-6-7-18(10-20)14-30(27,28)16(3)4/h6-12,15-16,25H,13-14H2,1-5H3. The lowest BCUT2D eigenvalue weighted by atomic mass is 9.95. The zero-order valence-corrected chi connectivity index (χ0v) is 19.0. The Morgan fingerprint density at radius 2 is 1.77 bits per heavy atom. The number of rotatable bonds is 7. The van der Waals surface area contributed by atoms with Crippen molar-refractivity contribution in [2.75, 3.05) is 5.32 Å². The fourth-order valence-corrected chi connectivity index (χ4v) is 4.50. The van der Waals surface area contributed by atoms with Gasteiger partial charge in [0.25, 0.3) is 0 Å². The van der Waals surface area contributed by atoms with Gasteiger partial charge in [-0.3, -0.25) is 0 Å². The highest BCUT2D eigenvalue weighted by molar-refractivity contribution is 7.91. The van der Waals surface area contributed by atoms with Crippen LogP contribution in [-0.4, -0.2) is 13.7 Å². The number of fused-ring (bicyclic) bond motifs is 1. The van der Waals surface area contributed by atoms with Crippen molar-refractivity contribution in [2.45, 2.75) is 58.1 Å². The molecule has 2 aromatic carbocycles. The highest BCUT2D eigenvalue weighted by Crippen LogP contribution is 2.27. The van der Waals surface area contributed by atoms with E-state index in [9.17, 15) is 13.2 Å². The van der Waals surface area contributed by atoms with Crippen molar-refractivity contribution in [2.24, 2.45) is 0 Å². The predicted molar refractivity (Wildman–Crippen MR) is 123 cm³/mol. The van der Waals surface area contributed by atoms with Gasteiger partial charge in [-0.1, -0.05) is 26.0 Å². The van der Waals surface area contributed by atoms with Gasteiger partial charge in [-0.2, -0.15) is 0 Å². The minimum absolute atomic E-state index is 0.00900. The molecule has 0 radical (unpaired) electrons. The van der Waals surface area contributed by atoms with E-state index in [1.807, 2.05) is 37.3 Å². The smallest absolute Gasteiger partial charge is 0.336 e. The van der Waals surface area contributed by atoms with Gasteiger partial charge in [0.2, 0.25) is 0 Å². The Kier molecular flexibility index (Phi) is 6.36. The molecule has 0 saturated heterocycles. The monoisotopic (exact) mass is 427 g/mol. The predicted octanol–water partition coefficient (Wildman–Crippen LogP) is 5.16. The van der Waals surface area contributed by atoms with Crippen molar-refractivity contribution < 1.29 is 12.8 Å². The van der Waals surface area contributed by atoms with E-state index >= 15 is 0 Å². The van der Waals surface area contributed by atoms with Crippen molar-refractivity contribution in [1.29, 1.82) is 0 Å². The Morgan fingerprint density at radius 3 is 2.43 bits per heavy atom. The molecule has 1 aromatic heterocycles. The number of anilines is 1. The first-order valence-electron chi connectivity index (χ1n) is 10.2. The Labute approximate surface area is 178 Å². The average molecular weight is 428 g/mol. The molecule has 0 unspecified atom stereocenters. The van der Waals surface area contributed by atoms with E-state index in [1.165, 1.54) is 11.6 Å². The summed E-state index contributed by atoms with van der Waals surface area (Å²) in [5, 5.41) is 3.82. The Hall–Kier alpha value is -2.60. The third-order valence-electron chi connectivity index (χ3n) is 5.33. The van der Waals surface area contributed by atoms with E-state index < -0.39 is 15.1 Å². The molecule has 5 nitrogen and oxygen atoms in total. The topological polar surface area (TPSA) is 76.4 Å². The highest BCUT2D eigenvalue weighted by atomic mass is 32.2. The first-order valence-corrected chi connectivity index (χ1v) is 11.9. The van der Waals surface area contributed by atoms with E-state index in [1.54, 1.807) is 13.8 Å². The first kappa shape index (κ1) is 22.1. The summed E-state index contributed by atoms with van der Waals surface area (Å²) < 4.78 is 29.9. The molecule has 3 rings (SSSR count). The van der Waals surface area contributed by atoms with Crippen LogP contribution in [0.5, 0.6) is 0 Å². The number of sulfone groups is 1. The van der Waals surface area contributed by atoms with E-state index in [0.29, 0.717) is 18.0 Å². The van der Waals surface area contributed by atoms with Gasteiger partial charge >= 0.3 is 5.63 Å². The second-order valence-electron chi connectivity index (χ2n) is 8.36. The zero-order chi connectivity index (χ0) is 22.1. The SMILES string of the molecule is Cc1cc2oc(=O)cc(CNc3cccc(CS(=O)(=O)C(C)C)c3)c2cc1C(C)C. The minimum Gasteiger partial charge on any atom is -0.423 e. The first-order chi connectivity index (χ1) is 14.1. The van der Waals surface area contributed by atoms with E-state index in [2.05, 4.69) is 25.2 Å². The minimum atomic E-state index is -3.17. The van der Waals surface area contributed by atoms with E-state index in [0.717, 1.165) is 27.8 Å². The summed E-state index contributed by atoms with van der Waals surface area (Å²) in [5.41, 5.74) is 4.92. The number of benzene rings is 2. The van der Waals surface area contributed by atoms with E-state index in [4.69, 9.17) is 4.42 Å². The molecule has 3 aromatic rings. The van der Waals surface area contributed by atoms with Crippen LogP contribution in [0, 0.1) is 6.92 Å². The van der Waals surface area contributed by atoms with Gasteiger partial charge in [-0.25, -0.2) is 13.2 Å². The number of aryl methyl sites for hydroxylation is 1. The van der Waals surface area contributed by atoms with Crippen molar-refractivity contribution in [3.8, 4) is 0 Å². The fourth-order valence-electron chi connectivity index (χ4n) is 3.53. The van der Waals surface area contributed by atoms with Gasteiger partial charge in [-0.15, -0.1) is 0 Å². The van der Waals surface area contributed by atoms with Gasteiger partial charge in [0, 0.05) is 23.7 Å². The maximum atomic E-state index is 12.2. The molecule has 0 saturated carbocycles. The van der Waals surface area contributed by atoms with Crippen molar-refractivity contribution in [3.05, 3.63) is 75.1 Å². The second kappa shape index (κ2) is 8.64. The van der Waals surface area contributed by atoms with Gasteiger partial charge in [0.15, 0.2) is 9.84 Å². The largest absolute Gasteiger partial charge is 0.423 e. The third-order valence-corrected chi connectivity index (χ3v) is 7.51. The van der Waals surface area contributed by atoms with Crippen LogP contribution in [0.15, 0.2) is 51.7 Å². The molecule has 0 aliphatic heterocycles. The van der Waals surface area contributed by atoms with Crippen molar-refractivity contribution >= 4 is 26.5 Å². The van der Waals surface area contributed by atoms with Crippen LogP contribution in [-0.2, 0) is 22.1 Å². The molecular formula is C24H29NO4S. The maximum Gasteiger partial charge on any atom is 0.336 e. The van der Waals surface area contributed by atoms with Crippen LogP contribution in [0.25, 0.3) is 11.0 Å². The number of hydrogen-bond donors (Lipinski definition) is 1. The molecule has 0 atom stereocenters. The average Bonchev–Trinajstić information content (AvgIpc) is 2.65. The van der Waals surface area contributed by atoms with Gasteiger partial charge in [-0.05, 0) is 73.2 Å². The summed E-state index contributed by atoms with van der Waals surface area (Å²) in [6, 6.07) is 12.9. The maximum absolute atomic E-state index is 12.2. The van der Waals surface area contributed by atoms with Crippen LogP contribution in [0.2, 0.25) is 0 Å². The van der Waals surface area contributed by atoms with Gasteiger partial charge < -0.3 is 9.73 Å². The number of nitrogens with one attached hydrogen (secondary N) is 1. The van der Waals surface area contributed by atoms with Crippen LogP contribution in [0.1, 0.15) is 55.9 Å². The van der Waals surface area contributed by atoms with Crippen LogP contribution < -0.4 is 10.9 Å². The Morgan fingerprint density at radius 1 is 1.03 bits per heavy atom. The normalized spacial score (nSPS) is 12.1. The summed E-state index contributed by atoms with van der Waals surface area (Å²) >= 11 is 0. The van der Waals surface area contributed by atoms with Crippen LogP contribution in [0.4, 0.5) is 5.69 Å². The molecule has 1 N–H and O–H groups in total. The lowest BCUT2D eigenvalue weighted by Crippen LogP contribution is -2.16. The van der Waals surface area contributed by atoms with Crippen molar-refractivity contribution in [1.82, 2.24) is 0 Å². The summed E-state index contributed by atoms with van der Waals surface area (Å²) in [6.07, 6.45) is 0. The third kappa shape index (κ3) is 4.93. The highest BCUT2D eigenvalue weighted by Gasteiger charge is 2.17. The molecule has 0 spiro atoms. The van der Waals surface area contributed by atoms with Gasteiger partial charge in [0.1, 0.15) is 5.58 Å². The summed E-state index contributed by atoms with van der Waals surface area (Å²) in [4.78, 5) is 12.1. The molecule has 0 aliphatic carbocycles. The summed E-state index contributed by atoms with van der Waals surface area (Å²) in [5.74, 6) is 0.372. The van der Waals surface area contributed by atoms with Gasteiger partial charge in [0.05, 0.1) is 11.0 Å². The summed E-state index contributed by atoms with van der Waals surface area (Å²) in [6.45, 7) is 10.1. The van der Waals surface area contributed by atoms with Crippen LogP contribution >= 0.6 is 0 Å². The molecule has 0 fully saturated rings. The summed E-state index contributed by atoms with van der Waals surface area (Å²) in [7, 11) is -3.17. The molecular weight excluding hydrogens is 398 g/mol. The Balaban J connectivity index is 1.90. The van der Waals surface area contributed by atoms with Crippen molar-refractivity contribution in [3.63, 3.8) is 0 Å². The Bertz CT molecular complexity index is 1220. The molecule has 160 valence electrons. The molecule has 0 amide bonds. The second-order valence-corrected chi connectivity index (χ2v) is 10.9.